The summed E-state index contributed by atoms with van der Waals surface area (Å²) in [6.07, 6.45) is 0.754. The van der Waals surface area contributed by atoms with E-state index in [0.717, 1.165) is 18.6 Å². The van der Waals surface area contributed by atoms with Crippen molar-refractivity contribution in [2.45, 2.75) is 19.3 Å². The summed E-state index contributed by atoms with van der Waals surface area (Å²) >= 11 is 0. The lowest BCUT2D eigenvalue weighted by Gasteiger charge is -2.17. The van der Waals surface area contributed by atoms with Gasteiger partial charge in [0.1, 0.15) is 0 Å². The molecule has 0 spiro atoms. The number of carbonyl (C=O) groups excluding carboxylic acids is 1. The average Bonchev–Trinajstić information content (AvgIpc) is 3.33. The highest BCUT2D eigenvalue weighted by molar-refractivity contribution is 5.90. The van der Waals surface area contributed by atoms with Crippen LogP contribution in [0.1, 0.15) is 24.1 Å². The standard InChI is InChI=1S/C20H18F2N4O2/c1-12-23-19(28-25-12)15-7-8-26(11-15)20(27)24-16-4-2-3-13(9-16)14-5-6-17(21)18(22)10-14/h2-6,9-10,15H,7-8,11H2,1H3,(H,24,27). The van der Waals surface area contributed by atoms with Gasteiger partial charge >= 0.3 is 6.03 Å². The number of benzene rings is 2. The third-order valence-corrected chi connectivity index (χ3v) is 4.73. The first-order chi connectivity index (χ1) is 13.5. The van der Waals surface area contributed by atoms with E-state index < -0.39 is 11.6 Å². The van der Waals surface area contributed by atoms with Crippen molar-refractivity contribution >= 4 is 11.7 Å². The van der Waals surface area contributed by atoms with Gasteiger partial charge in [0.2, 0.25) is 5.89 Å². The summed E-state index contributed by atoms with van der Waals surface area (Å²) in [6, 6.07) is 10.5. The Labute approximate surface area is 160 Å². The molecule has 1 aliphatic heterocycles. The topological polar surface area (TPSA) is 71.3 Å². The summed E-state index contributed by atoms with van der Waals surface area (Å²) in [7, 11) is 0. The molecule has 6 nitrogen and oxygen atoms in total. The van der Waals surface area contributed by atoms with Gasteiger partial charge in [0.05, 0.1) is 5.92 Å². The quantitative estimate of drug-likeness (QED) is 0.729. The number of halogens is 2. The van der Waals surface area contributed by atoms with Gasteiger partial charge in [-0.1, -0.05) is 23.4 Å². The van der Waals surface area contributed by atoms with Crippen molar-refractivity contribution in [3.8, 4) is 11.1 Å². The highest BCUT2D eigenvalue weighted by atomic mass is 19.2. The lowest BCUT2D eigenvalue weighted by molar-refractivity contribution is 0.221. The van der Waals surface area contributed by atoms with E-state index in [1.54, 1.807) is 36.1 Å². The van der Waals surface area contributed by atoms with Crippen LogP contribution in [0.2, 0.25) is 0 Å². The van der Waals surface area contributed by atoms with Gasteiger partial charge in [-0.15, -0.1) is 0 Å². The van der Waals surface area contributed by atoms with Crippen LogP contribution in [0, 0.1) is 18.6 Å². The number of nitrogens with zero attached hydrogens (tertiary/aromatic N) is 3. The number of aryl methyl sites for hydroxylation is 1. The molecule has 1 N–H and O–H groups in total. The molecular formula is C20H18F2N4O2. The molecule has 1 atom stereocenters. The molecule has 1 aliphatic rings. The minimum absolute atomic E-state index is 0.0282. The maximum atomic E-state index is 13.5. The summed E-state index contributed by atoms with van der Waals surface area (Å²) in [6.45, 7) is 2.84. The molecule has 1 aromatic heterocycles. The Morgan fingerprint density at radius 2 is 2.00 bits per heavy atom. The first-order valence-corrected chi connectivity index (χ1v) is 8.91. The Balaban J connectivity index is 1.44. The lowest BCUT2D eigenvalue weighted by atomic mass is 10.0. The third kappa shape index (κ3) is 3.71. The second-order valence-electron chi connectivity index (χ2n) is 6.75. The Morgan fingerprint density at radius 1 is 1.18 bits per heavy atom. The molecule has 0 bridgehead atoms. The summed E-state index contributed by atoms with van der Waals surface area (Å²) in [5.74, 6) is -0.653. The van der Waals surface area contributed by atoms with Gasteiger partial charge in [0.25, 0.3) is 0 Å². The zero-order valence-corrected chi connectivity index (χ0v) is 15.2. The molecule has 1 unspecified atom stereocenters. The first kappa shape index (κ1) is 18.1. The number of hydrogen-bond acceptors (Lipinski definition) is 4. The van der Waals surface area contributed by atoms with Crippen LogP contribution in [0.5, 0.6) is 0 Å². The Hall–Kier alpha value is -3.29. The summed E-state index contributed by atoms with van der Waals surface area (Å²) in [5.41, 5.74) is 1.78. The van der Waals surface area contributed by atoms with Crippen molar-refractivity contribution < 1.29 is 18.1 Å². The molecular weight excluding hydrogens is 366 g/mol. The van der Waals surface area contributed by atoms with Crippen molar-refractivity contribution in [2.75, 3.05) is 18.4 Å². The maximum absolute atomic E-state index is 13.5. The van der Waals surface area contributed by atoms with Crippen LogP contribution in [0.25, 0.3) is 11.1 Å². The van der Waals surface area contributed by atoms with Gasteiger partial charge in [-0.3, -0.25) is 0 Å². The normalized spacial score (nSPS) is 16.4. The fourth-order valence-corrected chi connectivity index (χ4v) is 3.28. The highest BCUT2D eigenvalue weighted by Gasteiger charge is 2.30. The monoisotopic (exact) mass is 384 g/mol. The van der Waals surface area contributed by atoms with E-state index in [9.17, 15) is 13.6 Å². The molecule has 1 fully saturated rings. The smallest absolute Gasteiger partial charge is 0.321 e. The van der Waals surface area contributed by atoms with Crippen molar-refractivity contribution in [3.63, 3.8) is 0 Å². The minimum atomic E-state index is -0.911. The van der Waals surface area contributed by atoms with Crippen LogP contribution in [-0.4, -0.2) is 34.2 Å². The number of likely N-dealkylation sites (tertiary alicyclic amines) is 1. The number of amides is 2. The first-order valence-electron chi connectivity index (χ1n) is 8.91. The van der Waals surface area contributed by atoms with Gasteiger partial charge in [-0.2, -0.15) is 4.98 Å². The van der Waals surface area contributed by atoms with Gasteiger partial charge in [-0.05, 0) is 48.7 Å². The van der Waals surface area contributed by atoms with Gasteiger partial charge in [0.15, 0.2) is 17.5 Å². The van der Waals surface area contributed by atoms with Crippen LogP contribution >= 0.6 is 0 Å². The van der Waals surface area contributed by atoms with Gasteiger partial charge in [0, 0.05) is 18.8 Å². The second kappa shape index (κ2) is 7.38. The third-order valence-electron chi connectivity index (χ3n) is 4.73. The largest absolute Gasteiger partial charge is 0.339 e. The summed E-state index contributed by atoms with van der Waals surface area (Å²) < 4.78 is 31.8. The second-order valence-corrected chi connectivity index (χ2v) is 6.75. The van der Waals surface area contributed by atoms with Crippen LogP contribution in [0.3, 0.4) is 0 Å². The molecule has 2 amide bonds. The fraction of sp³-hybridized carbons (Fsp3) is 0.250. The lowest BCUT2D eigenvalue weighted by Crippen LogP contribution is -2.32. The fourth-order valence-electron chi connectivity index (χ4n) is 3.28. The number of rotatable bonds is 3. The number of aromatic nitrogens is 2. The van der Waals surface area contributed by atoms with Crippen molar-refractivity contribution in [3.05, 3.63) is 65.8 Å². The molecule has 0 saturated carbocycles. The van der Waals surface area contributed by atoms with E-state index in [2.05, 4.69) is 15.5 Å². The zero-order chi connectivity index (χ0) is 19.7. The molecule has 1 saturated heterocycles. The molecule has 8 heteroatoms. The molecule has 144 valence electrons. The molecule has 0 aliphatic carbocycles. The van der Waals surface area contributed by atoms with Crippen molar-refractivity contribution in [1.29, 1.82) is 0 Å². The predicted molar refractivity (Wildman–Crippen MR) is 98.8 cm³/mol. The van der Waals surface area contributed by atoms with Crippen molar-refractivity contribution in [2.24, 2.45) is 0 Å². The zero-order valence-electron chi connectivity index (χ0n) is 15.2. The summed E-state index contributed by atoms with van der Waals surface area (Å²) in [4.78, 5) is 18.5. The van der Waals surface area contributed by atoms with E-state index in [1.165, 1.54) is 6.07 Å². The number of nitrogens with one attached hydrogen (secondary N) is 1. The Kier molecular flexibility index (Phi) is 4.77. The van der Waals surface area contributed by atoms with E-state index in [4.69, 9.17) is 4.52 Å². The molecule has 3 aromatic rings. The molecule has 4 rings (SSSR count). The van der Waals surface area contributed by atoms with Gasteiger partial charge in [-0.25, -0.2) is 13.6 Å². The van der Waals surface area contributed by atoms with Crippen LogP contribution < -0.4 is 5.32 Å². The Bertz CT molecular complexity index is 1020. The van der Waals surface area contributed by atoms with Crippen molar-refractivity contribution in [1.82, 2.24) is 15.0 Å². The number of carbonyl (C=O) groups is 1. The molecule has 0 radical (unpaired) electrons. The van der Waals surface area contributed by atoms with Crippen LogP contribution in [-0.2, 0) is 0 Å². The number of anilines is 1. The maximum Gasteiger partial charge on any atom is 0.321 e. The highest BCUT2D eigenvalue weighted by Crippen LogP contribution is 2.27. The Morgan fingerprint density at radius 3 is 2.75 bits per heavy atom. The van der Waals surface area contributed by atoms with Gasteiger partial charge < -0.3 is 14.7 Å². The van der Waals surface area contributed by atoms with E-state index in [1.807, 2.05) is 0 Å². The SMILES string of the molecule is Cc1noc(C2CCN(C(=O)Nc3cccc(-c4ccc(F)c(F)c4)c3)C2)n1. The van der Waals surface area contributed by atoms with Crippen LogP contribution in [0.4, 0.5) is 19.3 Å². The average molecular weight is 384 g/mol. The van der Waals surface area contributed by atoms with E-state index >= 15 is 0 Å². The molecule has 28 heavy (non-hydrogen) atoms. The van der Waals surface area contributed by atoms with Crippen LogP contribution in [0.15, 0.2) is 47.0 Å². The predicted octanol–water partition coefficient (Wildman–Crippen LogP) is 4.34. The number of urea groups is 1. The molecule has 2 heterocycles. The van der Waals surface area contributed by atoms with E-state index in [-0.39, 0.29) is 11.9 Å². The summed E-state index contributed by atoms with van der Waals surface area (Å²) in [5, 5.41) is 6.64. The molecule has 2 aromatic carbocycles. The van der Waals surface area contributed by atoms with E-state index in [0.29, 0.717) is 41.6 Å². The number of hydrogen-bond donors (Lipinski definition) is 1. The minimum Gasteiger partial charge on any atom is -0.339 e.